The predicted octanol–water partition coefficient (Wildman–Crippen LogP) is 1.84. The fraction of sp³-hybridized carbons (Fsp3) is 0.375. The summed E-state index contributed by atoms with van der Waals surface area (Å²) in [7, 11) is 0. The van der Waals surface area contributed by atoms with Crippen LogP contribution in [0.25, 0.3) is 11.2 Å². The van der Waals surface area contributed by atoms with Gasteiger partial charge in [0.1, 0.15) is 11.8 Å². The Kier molecular flexibility index (Phi) is 2.88. The lowest BCUT2D eigenvalue weighted by Gasteiger charge is -2.00. The lowest BCUT2D eigenvalue weighted by atomic mass is 10.5. The van der Waals surface area contributed by atoms with E-state index in [4.69, 9.17) is 11.6 Å². The van der Waals surface area contributed by atoms with E-state index < -0.39 is 0 Å². The number of halogens is 1. The van der Waals surface area contributed by atoms with Crippen molar-refractivity contribution in [3.63, 3.8) is 0 Å². The summed E-state index contributed by atoms with van der Waals surface area (Å²) in [6.07, 6.45) is 5.28. The van der Waals surface area contributed by atoms with E-state index in [9.17, 15) is 0 Å². The van der Waals surface area contributed by atoms with Gasteiger partial charge < -0.3 is 4.57 Å². The second-order valence-corrected chi connectivity index (χ2v) is 4.11. The largest absolute Gasteiger partial charge is 0.314 e. The first kappa shape index (κ1) is 9.73. The summed E-state index contributed by atoms with van der Waals surface area (Å²) < 4.78 is 1.99. The van der Waals surface area contributed by atoms with Crippen LogP contribution in [0.2, 0.25) is 5.15 Å². The van der Waals surface area contributed by atoms with E-state index >= 15 is 0 Å². The second-order valence-electron chi connectivity index (χ2n) is 2.77. The van der Waals surface area contributed by atoms with Crippen LogP contribution in [0.15, 0.2) is 12.7 Å². The monoisotopic (exact) mass is 228 g/mol. The number of nitrogens with zero attached hydrogens (tertiary/aromatic N) is 4. The molecule has 0 saturated carbocycles. The SMILES string of the molecule is CSCCn1cnc2c(Cl)ncnc21. The van der Waals surface area contributed by atoms with Crippen molar-refractivity contribution in [2.24, 2.45) is 0 Å². The molecule has 6 heteroatoms. The molecule has 0 aliphatic rings. The first-order valence-electron chi connectivity index (χ1n) is 4.13. The lowest BCUT2D eigenvalue weighted by molar-refractivity contribution is 0.787. The van der Waals surface area contributed by atoms with Crippen LogP contribution in [0.4, 0.5) is 0 Å². The van der Waals surface area contributed by atoms with Gasteiger partial charge in [0.15, 0.2) is 10.8 Å². The fourth-order valence-electron chi connectivity index (χ4n) is 1.21. The summed E-state index contributed by atoms with van der Waals surface area (Å²) in [5.41, 5.74) is 1.48. The van der Waals surface area contributed by atoms with Gasteiger partial charge in [-0.2, -0.15) is 11.8 Å². The van der Waals surface area contributed by atoms with E-state index in [0.717, 1.165) is 17.9 Å². The van der Waals surface area contributed by atoms with Crippen molar-refractivity contribution in [3.05, 3.63) is 17.8 Å². The van der Waals surface area contributed by atoms with Gasteiger partial charge in [-0.05, 0) is 6.26 Å². The molecular weight excluding hydrogens is 220 g/mol. The molecule has 2 rings (SSSR count). The average molecular weight is 229 g/mol. The van der Waals surface area contributed by atoms with Crippen molar-refractivity contribution < 1.29 is 0 Å². The number of aryl methyl sites for hydroxylation is 1. The molecule has 74 valence electrons. The first-order valence-corrected chi connectivity index (χ1v) is 5.90. The van der Waals surface area contributed by atoms with Crippen molar-refractivity contribution in [2.45, 2.75) is 6.54 Å². The highest BCUT2D eigenvalue weighted by Gasteiger charge is 2.07. The maximum atomic E-state index is 5.87. The molecule has 14 heavy (non-hydrogen) atoms. The normalized spacial score (nSPS) is 11.0. The van der Waals surface area contributed by atoms with Crippen LogP contribution in [0.5, 0.6) is 0 Å². The van der Waals surface area contributed by atoms with Gasteiger partial charge in [-0.3, -0.25) is 0 Å². The van der Waals surface area contributed by atoms with E-state index in [-0.39, 0.29) is 0 Å². The van der Waals surface area contributed by atoms with Gasteiger partial charge in [0.25, 0.3) is 0 Å². The van der Waals surface area contributed by atoms with Crippen molar-refractivity contribution in [1.29, 1.82) is 0 Å². The molecule has 2 aromatic rings. The summed E-state index contributed by atoms with van der Waals surface area (Å²) in [6.45, 7) is 0.894. The summed E-state index contributed by atoms with van der Waals surface area (Å²) in [6, 6.07) is 0. The quantitative estimate of drug-likeness (QED) is 0.752. The van der Waals surface area contributed by atoms with Crippen LogP contribution in [-0.2, 0) is 6.54 Å². The van der Waals surface area contributed by atoms with Crippen LogP contribution < -0.4 is 0 Å². The Bertz CT molecular complexity index is 442. The first-order chi connectivity index (χ1) is 6.83. The molecule has 2 heterocycles. The zero-order valence-electron chi connectivity index (χ0n) is 7.64. The van der Waals surface area contributed by atoms with Crippen LogP contribution >= 0.6 is 23.4 Å². The highest BCUT2D eigenvalue weighted by Crippen LogP contribution is 2.16. The molecule has 0 saturated heterocycles. The van der Waals surface area contributed by atoms with Crippen molar-refractivity contribution in [3.8, 4) is 0 Å². The van der Waals surface area contributed by atoms with E-state index in [1.807, 2.05) is 4.57 Å². The molecule has 0 amide bonds. The maximum Gasteiger partial charge on any atom is 0.164 e. The van der Waals surface area contributed by atoms with Crippen molar-refractivity contribution in [1.82, 2.24) is 19.5 Å². The predicted molar refractivity (Wildman–Crippen MR) is 58.7 cm³/mol. The van der Waals surface area contributed by atoms with Crippen LogP contribution in [0, 0.1) is 0 Å². The Balaban J connectivity index is 2.42. The molecule has 2 aromatic heterocycles. The van der Waals surface area contributed by atoms with E-state index in [1.54, 1.807) is 18.1 Å². The number of fused-ring (bicyclic) bond motifs is 1. The molecule has 0 aliphatic carbocycles. The van der Waals surface area contributed by atoms with Crippen LogP contribution in [0.3, 0.4) is 0 Å². The number of thioether (sulfide) groups is 1. The fourth-order valence-corrected chi connectivity index (χ4v) is 1.76. The van der Waals surface area contributed by atoms with Crippen LogP contribution in [0.1, 0.15) is 0 Å². The third-order valence-electron chi connectivity index (χ3n) is 1.89. The van der Waals surface area contributed by atoms with Gasteiger partial charge >= 0.3 is 0 Å². The summed E-state index contributed by atoms with van der Waals surface area (Å²) in [4.78, 5) is 12.2. The molecule has 0 fully saturated rings. The molecule has 0 N–H and O–H groups in total. The Labute approximate surface area is 90.7 Å². The highest BCUT2D eigenvalue weighted by molar-refractivity contribution is 7.98. The topological polar surface area (TPSA) is 43.6 Å². The smallest absolute Gasteiger partial charge is 0.164 e. The Morgan fingerprint density at radius 1 is 1.43 bits per heavy atom. The maximum absolute atomic E-state index is 5.87. The minimum absolute atomic E-state index is 0.415. The zero-order valence-corrected chi connectivity index (χ0v) is 9.22. The van der Waals surface area contributed by atoms with Gasteiger partial charge in [0, 0.05) is 12.3 Å². The molecular formula is C8H9ClN4S. The molecule has 4 nitrogen and oxygen atoms in total. The zero-order chi connectivity index (χ0) is 9.97. The standard InChI is InChI=1S/C8H9ClN4S/c1-14-3-2-13-5-12-6-7(9)10-4-11-8(6)13/h4-5H,2-3H2,1H3. The molecule has 0 bridgehead atoms. The van der Waals surface area contributed by atoms with Gasteiger partial charge in [-0.15, -0.1) is 0 Å². The van der Waals surface area contributed by atoms with E-state index in [1.165, 1.54) is 6.33 Å². The van der Waals surface area contributed by atoms with Gasteiger partial charge in [0.2, 0.25) is 0 Å². The Morgan fingerprint density at radius 3 is 3.07 bits per heavy atom. The second kappa shape index (κ2) is 4.14. The van der Waals surface area contributed by atoms with Crippen molar-refractivity contribution in [2.75, 3.05) is 12.0 Å². The van der Waals surface area contributed by atoms with E-state index in [0.29, 0.717) is 10.7 Å². The van der Waals surface area contributed by atoms with Crippen molar-refractivity contribution >= 4 is 34.5 Å². The number of aromatic nitrogens is 4. The molecule has 0 spiro atoms. The van der Waals surface area contributed by atoms with Gasteiger partial charge in [-0.1, -0.05) is 11.6 Å². The average Bonchev–Trinajstić information content (AvgIpc) is 2.60. The van der Waals surface area contributed by atoms with Gasteiger partial charge in [-0.25, -0.2) is 15.0 Å². The lowest BCUT2D eigenvalue weighted by Crippen LogP contribution is -1.99. The summed E-state index contributed by atoms with van der Waals surface area (Å²) in [5, 5.41) is 0.415. The molecule has 0 aliphatic heterocycles. The number of imidazole rings is 1. The molecule has 0 atom stereocenters. The molecule has 0 aromatic carbocycles. The number of hydrogen-bond donors (Lipinski definition) is 0. The highest BCUT2D eigenvalue weighted by atomic mass is 35.5. The van der Waals surface area contributed by atoms with E-state index in [2.05, 4.69) is 21.2 Å². The summed E-state index contributed by atoms with van der Waals surface area (Å²) in [5.74, 6) is 1.03. The third kappa shape index (κ3) is 1.69. The van der Waals surface area contributed by atoms with Crippen LogP contribution in [-0.4, -0.2) is 31.5 Å². The third-order valence-corrected chi connectivity index (χ3v) is 2.76. The number of hydrogen-bond acceptors (Lipinski definition) is 4. The minimum atomic E-state index is 0.415. The summed E-state index contributed by atoms with van der Waals surface area (Å²) >= 11 is 7.66. The van der Waals surface area contributed by atoms with Gasteiger partial charge in [0.05, 0.1) is 6.33 Å². The molecule has 0 unspecified atom stereocenters. The Morgan fingerprint density at radius 2 is 2.29 bits per heavy atom. The minimum Gasteiger partial charge on any atom is -0.314 e. The number of rotatable bonds is 3. The molecule has 0 radical (unpaired) electrons. The Hall–Kier alpha value is -0.810.